The molecule has 2 fully saturated rings. The number of halogens is 4. The van der Waals surface area contributed by atoms with E-state index in [1.54, 1.807) is 34.6 Å². The van der Waals surface area contributed by atoms with Gasteiger partial charge in [0, 0.05) is 43.0 Å². The van der Waals surface area contributed by atoms with Gasteiger partial charge in [0.25, 0.3) is 0 Å². The number of nitrogens with zero attached hydrogens (tertiary/aromatic N) is 7. The number of carboxylic acid groups (broad SMARTS) is 1. The van der Waals surface area contributed by atoms with Crippen molar-refractivity contribution in [1.82, 2.24) is 40.1 Å². The van der Waals surface area contributed by atoms with Crippen LogP contribution in [0.3, 0.4) is 0 Å². The lowest BCUT2D eigenvalue weighted by molar-refractivity contribution is -0.146. The molecule has 2 aliphatic rings. The molecule has 6 heterocycles. The van der Waals surface area contributed by atoms with Gasteiger partial charge in [-0.2, -0.15) is 0 Å². The van der Waals surface area contributed by atoms with E-state index < -0.39 is 35.3 Å². The van der Waals surface area contributed by atoms with E-state index in [1.165, 1.54) is 54.2 Å². The number of amides is 2. The summed E-state index contributed by atoms with van der Waals surface area (Å²) in [6.07, 6.45) is 9.89. The molecule has 0 aliphatic carbocycles. The number of rotatable bonds is 17. The van der Waals surface area contributed by atoms with Crippen molar-refractivity contribution in [3.05, 3.63) is 82.6 Å². The second kappa shape index (κ2) is 29.1. The number of nitrogens with one attached hydrogen (secondary N) is 4. The molecule has 392 valence electrons. The summed E-state index contributed by atoms with van der Waals surface area (Å²) in [5.41, 5.74) is 5.90. The van der Waals surface area contributed by atoms with Gasteiger partial charge in [0.15, 0.2) is 21.9 Å². The van der Waals surface area contributed by atoms with Crippen LogP contribution in [-0.4, -0.2) is 113 Å². The number of anilines is 4. The maximum absolute atomic E-state index is 13.8. The Morgan fingerprint density at radius 3 is 1.82 bits per heavy atom. The molecule has 4 aromatic heterocycles. The van der Waals surface area contributed by atoms with Crippen LogP contribution < -0.4 is 27.0 Å². The smallest absolute Gasteiger partial charge is 0.410 e. The molecule has 25 heteroatoms. The highest BCUT2D eigenvalue weighted by atomic mass is 35.5. The third-order valence-corrected chi connectivity index (χ3v) is 11.3. The van der Waals surface area contributed by atoms with Gasteiger partial charge in [-0.3, -0.25) is 29.1 Å². The van der Waals surface area contributed by atoms with Gasteiger partial charge < -0.3 is 51.2 Å². The minimum absolute atomic E-state index is 0.0188. The van der Waals surface area contributed by atoms with Crippen LogP contribution in [0.2, 0.25) is 10.3 Å². The number of esters is 2. The van der Waals surface area contributed by atoms with Crippen molar-refractivity contribution in [2.45, 2.75) is 142 Å². The largest absolute Gasteiger partial charge is 0.481 e. The molecule has 0 bridgehead atoms. The van der Waals surface area contributed by atoms with Crippen molar-refractivity contribution in [3.8, 4) is 0 Å². The molecule has 2 saturated heterocycles. The maximum atomic E-state index is 13.8. The van der Waals surface area contributed by atoms with E-state index in [-0.39, 0.29) is 120 Å². The number of nitrogen functional groups attached to an aromatic ring is 1. The first-order valence-electron chi connectivity index (χ1n) is 23.3. The Morgan fingerprint density at radius 1 is 0.750 bits per heavy atom. The quantitative estimate of drug-likeness (QED) is 0.0339. The molecule has 0 radical (unpaired) electrons. The second-order valence-electron chi connectivity index (χ2n) is 17.4. The van der Waals surface area contributed by atoms with Crippen LogP contribution >= 0.6 is 23.2 Å². The summed E-state index contributed by atoms with van der Waals surface area (Å²) < 4.78 is 42.5. The van der Waals surface area contributed by atoms with Crippen LogP contribution in [0.15, 0.2) is 49.3 Å². The number of aromatic nitrogens is 6. The van der Waals surface area contributed by atoms with Crippen molar-refractivity contribution >= 4 is 76.1 Å². The minimum atomic E-state index is -0.972. The lowest BCUT2D eigenvalue weighted by Crippen LogP contribution is -2.53. The van der Waals surface area contributed by atoms with E-state index in [9.17, 15) is 32.8 Å². The molecule has 0 aromatic carbocycles. The first-order valence-corrected chi connectivity index (χ1v) is 24.1. The third-order valence-electron chi connectivity index (χ3n) is 10.7. The molecule has 0 saturated carbocycles. The number of hydrogen-bond acceptors (Lipinski definition) is 18. The van der Waals surface area contributed by atoms with Crippen molar-refractivity contribution in [3.63, 3.8) is 0 Å². The number of ether oxygens (including phenoxy) is 3. The Hall–Kier alpha value is -6.59. The topological polar surface area (TPSA) is 288 Å². The number of piperidine rings is 2. The summed E-state index contributed by atoms with van der Waals surface area (Å²) in [6.45, 7) is 9.60. The molecule has 4 atom stereocenters. The molecule has 4 aromatic rings. The van der Waals surface area contributed by atoms with Crippen LogP contribution in [0.4, 0.5) is 36.6 Å². The van der Waals surface area contributed by atoms with Gasteiger partial charge in [0.2, 0.25) is 5.91 Å². The molecule has 21 nitrogen and oxygen atoms in total. The van der Waals surface area contributed by atoms with Gasteiger partial charge in [-0.25, -0.2) is 33.5 Å². The van der Waals surface area contributed by atoms with E-state index in [1.807, 2.05) is 0 Å². The number of nitrogens with two attached hydrogens (primary N) is 1. The van der Waals surface area contributed by atoms with E-state index in [4.69, 9.17) is 48.3 Å². The van der Waals surface area contributed by atoms with Crippen molar-refractivity contribution in [2.24, 2.45) is 0 Å². The van der Waals surface area contributed by atoms with Crippen LogP contribution in [0.1, 0.15) is 110 Å². The fourth-order valence-corrected chi connectivity index (χ4v) is 7.93. The zero-order valence-corrected chi connectivity index (χ0v) is 42.3. The molecule has 6 rings (SSSR count). The van der Waals surface area contributed by atoms with Gasteiger partial charge in [0.05, 0.1) is 57.0 Å². The van der Waals surface area contributed by atoms with E-state index in [2.05, 4.69) is 51.2 Å². The minimum Gasteiger partial charge on any atom is -0.481 e. The van der Waals surface area contributed by atoms with E-state index >= 15 is 0 Å². The summed E-state index contributed by atoms with van der Waals surface area (Å²) in [5, 5.41) is 21.2. The zero-order valence-electron chi connectivity index (χ0n) is 40.8. The summed E-state index contributed by atoms with van der Waals surface area (Å²) in [5.74, 6) is -2.10. The predicted molar refractivity (Wildman–Crippen MR) is 264 cm³/mol. The van der Waals surface area contributed by atoms with Crippen LogP contribution in [0.5, 0.6) is 0 Å². The highest BCUT2D eigenvalue weighted by molar-refractivity contribution is 6.33. The highest BCUT2D eigenvalue weighted by Gasteiger charge is 2.39. The Bertz CT molecular complexity index is 2440. The lowest BCUT2D eigenvalue weighted by atomic mass is 9.92. The standard InChI is InChI=1S/C21H26ClFN6O3.C16H27NO6.C10H9ClFN5/c1-2-32-18(31)10-14-6-3-5-13(28-14)9-17(30)29-19-20(22)26-12-27-21(19)25-11-16-15(23)7-4-8-24-16;1-5-22-14(20)10-12-8-6-7-11(9-13(18)19)17(12)15(21)23-16(2,3)4;11-9-8(13)10(17-5-16-9)15-4-7-6(12)2-1-3-14-7/h4,7-8,12-14,28H,2-3,5-6,9-11H2,1H3,(H,29,30)(H,25,26,27);11-12H,5-10H2,1-4H3,(H,18,19);1-3,5H,4,13H2,(H,15,16,17). The number of likely N-dealkylation sites (tertiary alicyclic amines) is 1. The van der Waals surface area contributed by atoms with Gasteiger partial charge in [-0.15, -0.1) is 0 Å². The van der Waals surface area contributed by atoms with E-state index in [0.29, 0.717) is 25.3 Å². The summed E-state index contributed by atoms with van der Waals surface area (Å²) in [4.78, 5) is 84.7. The third kappa shape index (κ3) is 19.5. The summed E-state index contributed by atoms with van der Waals surface area (Å²) in [6, 6.07) is 4.72. The normalized spacial score (nSPS) is 17.4. The number of carbonyl (C=O) groups is 5. The fourth-order valence-electron chi connectivity index (χ4n) is 7.62. The number of hydrogen-bond donors (Lipinski definition) is 6. The molecular weight excluding hydrogens is 985 g/mol. The van der Waals surface area contributed by atoms with Gasteiger partial charge in [-0.1, -0.05) is 29.6 Å². The molecular formula is C47H62Cl2F2N12O9. The van der Waals surface area contributed by atoms with Gasteiger partial charge >= 0.3 is 24.0 Å². The molecule has 72 heavy (non-hydrogen) atoms. The Morgan fingerprint density at radius 2 is 1.26 bits per heavy atom. The van der Waals surface area contributed by atoms with Crippen molar-refractivity contribution < 1.29 is 52.1 Å². The number of carbonyl (C=O) groups excluding carboxylic acids is 4. The molecule has 2 aliphatic heterocycles. The Balaban J connectivity index is 0.000000247. The monoisotopic (exact) mass is 1050 g/mol. The van der Waals surface area contributed by atoms with Crippen LogP contribution in [0, 0.1) is 11.6 Å². The number of carboxylic acids is 1. The fraction of sp³-hybridized carbons (Fsp3) is 0.511. The van der Waals surface area contributed by atoms with Crippen LogP contribution in [-0.2, 0) is 46.5 Å². The van der Waals surface area contributed by atoms with Gasteiger partial charge in [0.1, 0.15) is 41.3 Å². The summed E-state index contributed by atoms with van der Waals surface area (Å²) >= 11 is 11.9. The van der Waals surface area contributed by atoms with Gasteiger partial charge in [-0.05, 0) is 91.0 Å². The molecule has 7 N–H and O–H groups in total. The second-order valence-corrected chi connectivity index (χ2v) is 18.1. The molecule has 4 unspecified atom stereocenters. The first-order chi connectivity index (χ1) is 34.3. The number of pyridine rings is 2. The zero-order chi connectivity index (χ0) is 52.8. The van der Waals surface area contributed by atoms with Crippen molar-refractivity contribution in [2.75, 3.05) is 34.9 Å². The molecule has 2 amide bonds. The van der Waals surface area contributed by atoms with Crippen molar-refractivity contribution in [1.29, 1.82) is 0 Å². The molecule has 0 spiro atoms. The SMILES string of the molecule is CCOC(=O)CC1CCCC(CC(=O)Nc2c(Cl)ncnc2NCc2ncccc2F)N1.CCOC(=O)CC1CCCC(CC(=O)O)N1C(=O)OC(C)(C)C.Nc1c(Cl)ncnc1NCc1ncccc1F. The summed E-state index contributed by atoms with van der Waals surface area (Å²) in [7, 11) is 0. The Kier molecular flexibility index (Phi) is 23.4. The lowest BCUT2D eigenvalue weighted by Gasteiger charge is -2.41. The average Bonchev–Trinajstić information content (AvgIpc) is 3.30. The van der Waals surface area contributed by atoms with Crippen LogP contribution in [0.25, 0.3) is 0 Å². The highest BCUT2D eigenvalue weighted by Crippen LogP contribution is 2.30. The maximum Gasteiger partial charge on any atom is 0.410 e. The Labute approximate surface area is 426 Å². The van der Waals surface area contributed by atoms with E-state index in [0.717, 1.165) is 25.7 Å². The average molecular weight is 1050 g/mol. The first kappa shape index (κ1) is 58.0. The predicted octanol–water partition coefficient (Wildman–Crippen LogP) is 7.50. The number of aliphatic carboxylic acids is 1.